The molecule has 114 valence electrons. The average Bonchev–Trinajstić information content (AvgIpc) is 2.47. The van der Waals surface area contributed by atoms with Gasteiger partial charge in [-0.3, -0.25) is 4.79 Å². The maximum absolute atomic E-state index is 11.8. The van der Waals surface area contributed by atoms with E-state index in [0.29, 0.717) is 49.0 Å². The fraction of sp³-hybridized carbons (Fsp3) is 0.500. The van der Waals surface area contributed by atoms with Crippen LogP contribution >= 0.6 is 11.6 Å². The number of hydrogen-bond acceptors (Lipinski definition) is 4. The molecule has 0 radical (unpaired) electrons. The molecule has 2 heterocycles. The van der Waals surface area contributed by atoms with Crippen LogP contribution in [0, 0.1) is 0 Å². The molecule has 0 unspecified atom stereocenters. The number of nitrogens with zero attached hydrogens (tertiary/aromatic N) is 3. The first-order chi connectivity index (χ1) is 10.0. The molecule has 1 aromatic heterocycles. The van der Waals surface area contributed by atoms with Crippen LogP contribution in [0.25, 0.3) is 0 Å². The smallest absolute Gasteiger partial charge is 0.407 e. The number of carbonyl (C=O) groups excluding carboxylic acids is 1. The van der Waals surface area contributed by atoms with Crippen molar-refractivity contribution in [3.63, 3.8) is 0 Å². The summed E-state index contributed by atoms with van der Waals surface area (Å²) in [5.74, 6) is 0.643. The number of anilines is 1. The van der Waals surface area contributed by atoms with E-state index in [1.807, 2.05) is 11.8 Å². The van der Waals surface area contributed by atoms with E-state index in [2.05, 4.69) is 4.98 Å². The number of carbonyl (C=O) groups is 2. The van der Waals surface area contributed by atoms with Crippen LogP contribution in [0.2, 0.25) is 5.02 Å². The third kappa shape index (κ3) is 3.64. The normalized spacial score (nSPS) is 15.1. The van der Waals surface area contributed by atoms with E-state index in [-0.39, 0.29) is 5.78 Å². The van der Waals surface area contributed by atoms with Gasteiger partial charge in [-0.1, -0.05) is 18.5 Å². The van der Waals surface area contributed by atoms with Gasteiger partial charge in [0, 0.05) is 44.4 Å². The van der Waals surface area contributed by atoms with Crippen LogP contribution in [0.4, 0.5) is 10.6 Å². The van der Waals surface area contributed by atoms with Gasteiger partial charge < -0.3 is 14.9 Å². The van der Waals surface area contributed by atoms with Crippen molar-refractivity contribution >= 4 is 29.3 Å². The second-order valence-electron chi connectivity index (χ2n) is 4.96. The van der Waals surface area contributed by atoms with Crippen LogP contribution in [0.1, 0.15) is 30.1 Å². The third-order valence-corrected chi connectivity index (χ3v) is 3.75. The minimum atomic E-state index is -0.908. The number of ketones is 1. The number of amides is 1. The molecule has 0 spiro atoms. The number of rotatable bonds is 4. The van der Waals surface area contributed by atoms with Gasteiger partial charge in [-0.05, 0) is 12.5 Å². The lowest BCUT2D eigenvalue weighted by Gasteiger charge is -2.34. The minimum Gasteiger partial charge on any atom is -0.465 e. The Bertz CT molecular complexity index is 542. The topological polar surface area (TPSA) is 73.7 Å². The Morgan fingerprint density at radius 3 is 2.52 bits per heavy atom. The van der Waals surface area contributed by atoms with E-state index in [1.165, 1.54) is 4.90 Å². The molecule has 1 saturated heterocycles. The van der Waals surface area contributed by atoms with Crippen molar-refractivity contribution in [1.82, 2.24) is 9.88 Å². The average molecular weight is 312 g/mol. The summed E-state index contributed by atoms with van der Waals surface area (Å²) < 4.78 is 0. The Labute approximate surface area is 128 Å². The second kappa shape index (κ2) is 6.76. The van der Waals surface area contributed by atoms with Gasteiger partial charge in [-0.15, -0.1) is 0 Å². The van der Waals surface area contributed by atoms with E-state index < -0.39 is 6.09 Å². The fourth-order valence-corrected chi connectivity index (χ4v) is 2.58. The van der Waals surface area contributed by atoms with E-state index >= 15 is 0 Å². The van der Waals surface area contributed by atoms with Gasteiger partial charge in [-0.2, -0.15) is 0 Å². The van der Waals surface area contributed by atoms with E-state index in [9.17, 15) is 9.59 Å². The lowest BCUT2D eigenvalue weighted by atomic mass is 10.1. The standard InChI is InChI=1S/C14H18ClN3O3/c1-2-3-12(19)10-8-11(15)13(16-9-10)17-4-6-18(7-5-17)14(20)21/h8-9H,2-7H2,1H3,(H,20,21). The maximum atomic E-state index is 11.8. The molecular weight excluding hydrogens is 294 g/mol. The molecule has 1 aliphatic heterocycles. The first kappa shape index (κ1) is 15.6. The van der Waals surface area contributed by atoms with Gasteiger partial charge in [0.2, 0.25) is 0 Å². The van der Waals surface area contributed by atoms with Crippen molar-refractivity contribution in [2.45, 2.75) is 19.8 Å². The van der Waals surface area contributed by atoms with Gasteiger partial charge in [0.25, 0.3) is 0 Å². The molecule has 0 saturated carbocycles. The SMILES string of the molecule is CCCC(=O)c1cnc(N2CCN(C(=O)O)CC2)c(Cl)c1. The minimum absolute atomic E-state index is 0.0362. The zero-order valence-electron chi connectivity index (χ0n) is 11.9. The van der Waals surface area contributed by atoms with E-state index in [0.717, 1.165) is 6.42 Å². The number of halogens is 1. The van der Waals surface area contributed by atoms with Gasteiger partial charge in [0.15, 0.2) is 5.78 Å². The number of pyridine rings is 1. The molecule has 21 heavy (non-hydrogen) atoms. The zero-order valence-corrected chi connectivity index (χ0v) is 12.6. The second-order valence-corrected chi connectivity index (χ2v) is 5.37. The van der Waals surface area contributed by atoms with E-state index in [4.69, 9.17) is 16.7 Å². The predicted octanol–water partition coefficient (Wildman–Crippen LogP) is 2.52. The first-order valence-electron chi connectivity index (χ1n) is 6.94. The largest absolute Gasteiger partial charge is 0.465 e. The van der Waals surface area contributed by atoms with Crippen LogP contribution < -0.4 is 4.90 Å². The summed E-state index contributed by atoms with van der Waals surface area (Å²) in [4.78, 5) is 30.3. The van der Waals surface area contributed by atoms with Gasteiger partial charge >= 0.3 is 6.09 Å². The highest BCUT2D eigenvalue weighted by Gasteiger charge is 2.23. The molecule has 7 heteroatoms. The summed E-state index contributed by atoms with van der Waals surface area (Å²) in [7, 11) is 0. The van der Waals surface area contributed by atoms with Crippen molar-refractivity contribution in [3.8, 4) is 0 Å². The number of hydrogen-bond donors (Lipinski definition) is 1. The number of piperazine rings is 1. The quantitative estimate of drug-likeness (QED) is 0.865. The highest BCUT2D eigenvalue weighted by Crippen LogP contribution is 2.25. The van der Waals surface area contributed by atoms with E-state index in [1.54, 1.807) is 12.3 Å². The first-order valence-corrected chi connectivity index (χ1v) is 7.32. The summed E-state index contributed by atoms with van der Waals surface area (Å²) in [6, 6.07) is 1.64. The fourth-order valence-electron chi connectivity index (χ4n) is 2.30. The van der Waals surface area contributed by atoms with Gasteiger partial charge in [0.05, 0.1) is 5.02 Å². The van der Waals surface area contributed by atoms with Crippen LogP contribution in [0.15, 0.2) is 12.3 Å². The zero-order chi connectivity index (χ0) is 15.4. The lowest BCUT2D eigenvalue weighted by molar-refractivity contribution is 0.0981. The van der Waals surface area contributed by atoms with Gasteiger partial charge in [-0.25, -0.2) is 9.78 Å². The molecule has 0 aliphatic carbocycles. The van der Waals surface area contributed by atoms with Crippen molar-refractivity contribution < 1.29 is 14.7 Å². The Morgan fingerprint density at radius 1 is 1.33 bits per heavy atom. The van der Waals surface area contributed by atoms with Crippen LogP contribution in [-0.4, -0.2) is 53.0 Å². The summed E-state index contributed by atoms with van der Waals surface area (Å²) in [5.41, 5.74) is 0.523. The molecule has 1 aromatic rings. The Kier molecular flexibility index (Phi) is 5.01. The van der Waals surface area contributed by atoms with Crippen molar-refractivity contribution in [2.24, 2.45) is 0 Å². The molecule has 1 amide bonds. The third-order valence-electron chi connectivity index (χ3n) is 3.47. The Balaban J connectivity index is 2.08. The van der Waals surface area contributed by atoms with Crippen LogP contribution in [0.5, 0.6) is 0 Å². The summed E-state index contributed by atoms with van der Waals surface area (Å²) in [6.07, 6.45) is 1.90. The summed E-state index contributed by atoms with van der Waals surface area (Å²) >= 11 is 6.22. The molecule has 1 fully saturated rings. The van der Waals surface area contributed by atoms with Crippen molar-refractivity contribution in [2.75, 3.05) is 31.1 Å². The lowest BCUT2D eigenvalue weighted by Crippen LogP contribution is -2.48. The van der Waals surface area contributed by atoms with Crippen molar-refractivity contribution in [3.05, 3.63) is 22.8 Å². The Hall–Kier alpha value is -1.82. The highest BCUT2D eigenvalue weighted by atomic mass is 35.5. The monoisotopic (exact) mass is 311 g/mol. The molecule has 6 nitrogen and oxygen atoms in total. The highest BCUT2D eigenvalue weighted by molar-refractivity contribution is 6.33. The van der Waals surface area contributed by atoms with Crippen LogP contribution in [-0.2, 0) is 0 Å². The Morgan fingerprint density at radius 2 is 2.00 bits per heavy atom. The molecule has 0 bridgehead atoms. The number of Topliss-reactive ketones (excluding diaryl/α,β-unsaturated/α-hetero) is 1. The van der Waals surface area contributed by atoms with Crippen LogP contribution in [0.3, 0.4) is 0 Å². The number of carboxylic acid groups (broad SMARTS) is 1. The molecule has 0 aromatic carbocycles. The molecular formula is C14H18ClN3O3. The molecule has 1 N–H and O–H groups in total. The maximum Gasteiger partial charge on any atom is 0.407 e. The summed E-state index contributed by atoms with van der Waals surface area (Å²) in [6.45, 7) is 3.87. The molecule has 1 aliphatic rings. The predicted molar refractivity (Wildman–Crippen MR) is 80.3 cm³/mol. The summed E-state index contributed by atoms with van der Waals surface area (Å²) in [5, 5.41) is 9.36. The number of aromatic nitrogens is 1. The van der Waals surface area contributed by atoms with Crippen molar-refractivity contribution in [1.29, 1.82) is 0 Å². The molecule has 2 rings (SSSR count). The molecule has 0 atom stereocenters. The van der Waals surface area contributed by atoms with Gasteiger partial charge in [0.1, 0.15) is 5.82 Å².